The third kappa shape index (κ3) is 5.98. The minimum atomic E-state index is -0.0391. The molecule has 0 saturated heterocycles. The Balaban J connectivity index is 1.82. The summed E-state index contributed by atoms with van der Waals surface area (Å²) in [6, 6.07) is 20.2. The molecule has 1 unspecified atom stereocenters. The molecule has 3 aromatic carbocycles. The molecule has 190 valence electrons. The van der Waals surface area contributed by atoms with E-state index in [1.54, 1.807) is 28.4 Å². The monoisotopic (exact) mass is 491 g/mol. The van der Waals surface area contributed by atoms with E-state index < -0.39 is 0 Å². The van der Waals surface area contributed by atoms with Crippen LogP contribution in [-0.4, -0.2) is 60.6 Å². The number of rotatable bonds is 12. The molecule has 0 saturated carbocycles. The molecule has 0 spiro atoms. The van der Waals surface area contributed by atoms with E-state index in [2.05, 4.69) is 12.1 Å². The molecule has 3 aromatic rings. The van der Waals surface area contributed by atoms with Gasteiger partial charge in [0.15, 0.2) is 11.5 Å². The lowest BCUT2D eigenvalue weighted by Gasteiger charge is -2.26. The fourth-order valence-corrected chi connectivity index (χ4v) is 4.25. The molecule has 0 bridgehead atoms. The molecule has 36 heavy (non-hydrogen) atoms. The van der Waals surface area contributed by atoms with Gasteiger partial charge < -0.3 is 28.4 Å². The summed E-state index contributed by atoms with van der Waals surface area (Å²) in [7, 11) is 6.60. The molecule has 0 radical (unpaired) electrons. The minimum Gasteiger partial charge on any atom is -0.493 e. The summed E-state index contributed by atoms with van der Waals surface area (Å²) in [5.41, 5.74) is 5.03. The van der Waals surface area contributed by atoms with Crippen LogP contribution in [0.1, 0.15) is 28.3 Å². The fourth-order valence-electron chi connectivity index (χ4n) is 4.25. The Morgan fingerprint density at radius 1 is 0.722 bits per heavy atom. The average molecular weight is 492 g/mol. The Morgan fingerprint density at radius 3 is 1.92 bits per heavy atom. The lowest BCUT2D eigenvalue weighted by Crippen LogP contribution is -2.18. The van der Waals surface area contributed by atoms with Crippen molar-refractivity contribution >= 4 is 5.71 Å². The van der Waals surface area contributed by atoms with Crippen LogP contribution in [0.25, 0.3) is 0 Å². The molecule has 7 nitrogen and oxygen atoms in total. The Labute approximate surface area is 212 Å². The van der Waals surface area contributed by atoms with Crippen molar-refractivity contribution in [2.24, 2.45) is 4.99 Å². The predicted molar refractivity (Wildman–Crippen MR) is 139 cm³/mol. The molecule has 1 aliphatic rings. The van der Waals surface area contributed by atoms with Crippen LogP contribution in [-0.2, 0) is 15.9 Å². The van der Waals surface area contributed by atoms with Gasteiger partial charge in [-0.2, -0.15) is 0 Å². The smallest absolute Gasteiger partial charge is 0.161 e. The first kappa shape index (κ1) is 25.5. The van der Waals surface area contributed by atoms with Crippen LogP contribution in [0.5, 0.6) is 23.0 Å². The van der Waals surface area contributed by atoms with Gasteiger partial charge in [0.1, 0.15) is 24.7 Å². The maximum Gasteiger partial charge on any atom is 0.161 e. The van der Waals surface area contributed by atoms with Gasteiger partial charge in [0.2, 0.25) is 0 Å². The number of benzene rings is 3. The number of hydrogen-bond acceptors (Lipinski definition) is 7. The molecule has 0 fully saturated rings. The molecular formula is C29H33NO6. The van der Waals surface area contributed by atoms with Gasteiger partial charge in [0, 0.05) is 31.4 Å². The van der Waals surface area contributed by atoms with Gasteiger partial charge in [0.05, 0.1) is 39.2 Å². The van der Waals surface area contributed by atoms with Gasteiger partial charge in [-0.25, -0.2) is 0 Å². The van der Waals surface area contributed by atoms with E-state index >= 15 is 0 Å². The van der Waals surface area contributed by atoms with Crippen molar-refractivity contribution in [2.45, 2.75) is 12.5 Å². The largest absolute Gasteiger partial charge is 0.493 e. The van der Waals surface area contributed by atoms with Gasteiger partial charge in [-0.05, 0) is 41.8 Å². The number of methoxy groups -OCH3 is 4. The van der Waals surface area contributed by atoms with Gasteiger partial charge in [0.25, 0.3) is 0 Å². The molecule has 0 N–H and O–H groups in total. The van der Waals surface area contributed by atoms with Crippen LogP contribution in [0.15, 0.2) is 65.7 Å². The molecule has 0 aromatic heterocycles. The second kappa shape index (κ2) is 12.4. The third-order valence-electron chi connectivity index (χ3n) is 6.01. The first-order valence-electron chi connectivity index (χ1n) is 11.9. The van der Waals surface area contributed by atoms with Crippen molar-refractivity contribution in [2.75, 3.05) is 54.9 Å². The van der Waals surface area contributed by atoms with Gasteiger partial charge in [-0.15, -0.1) is 0 Å². The second-order valence-electron chi connectivity index (χ2n) is 8.35. The Hall–Kier alpha value is -3.55. The Bertz CT molecular complexity index is 1150. The van der Waals surface area contributed by atoms with Crippen LogP contribution < -0.4 is 18.9 Å². The maximum atomic E-state index is 5.97. The summed E-state index contributed by atoms with van der Waals surface area (Å²) < 4.78 is 33.5. The highest BCUT2D eigenvalue weighted by molar-refractivity contribution is 6.15. The first-order chi connectivity index (χ1) is 17.7. The average Bonchev–Trinajstić information content (AvgIpc) is 2.92. The molecule has 1 atom stereocenters. The molecular weight excluding hydrogens is 458 g/mol. The number of hydrogen-bond donors (Lipinski definition) is 0. The van der Waals surface area contributed by atoms with Crippen molar-refractivity contribution < 1.29 is 28.4 Å². The van der Waals surface area contributed by atoms with Gasteiger partial charge in [-0.3, -0.25) is 4.99 Å². The van der Waals surface area contributed by atoms with Crippen LogP contribution in [0.3, 0.4) is 0 Å². The summed E-state index contributed by atoms with van der Waals surface area (Å²) >= 11 is 0. The van der Waals surface area contributed by atoms with Gasteiger partial charge >= 0.3 is 0 Å². The Kier molecular flexibility index (Phi) is 8.81. The van der Waals surface area contributed by atoms with Crippen molar-refractivity contribution in [3.05, 3.63) is 82.9 Å². The minimum absolute atomic E-state index is 0.0391. The van der Waals surface area contributed by atoms with Crippen molar-refractivity contribution in [1.82, 2.24) is 0 Å². The van der Waals surface area contributed by atoms with Crippen molar-refractivity contribution in [3.63, 3.8) is 0 Å². The number of ether oxygens (including phenoxy) is 6. The van der Waals surface area contributed by atoms with E-state index in [1.807, 2.05) is 48.5 Å². The number of aliphatic imine (C=N–C) groups is 1. The number of nitrogens with zero attached hydrogens (tertiary/aromatic N) is 1. The third-order valence-corrected chi connectivity index (χ3v) is 6.01. The lowest BCUT2D eigenvalue weighted by molar-refractivity contribution is 0.142. The van der Waals surface area contributed by atoms with E-state index in [4.69, 9.17) is 33.4 Å². The normalized spacial score (nSPS) is 14.6. The lowest BCUT2D eigenvalue weighted by atomic mass is 9.87. The Morgan fingerprint density at radius 2 is 1.33 bits per heavy atom. The predicted octanol–water partition coefficient (Wildman–Crippen LogP) is 4.89. The standard InChI is InChI=1S/C29H33NO6/c1-31-10-12-35-23-14-22(15-24(18-23)36-13-11-32-2)29-25-19-28(34-4)27(33-3)17-21(25)16-26(30-29)20-8-6-5-7-9-20/h5-9,14-15,17-19,26H,10-13,16H2,1-4H3. The molecule has 0 aliphatic carbocycles. The highest BCUT2D eigenvalue weighted by Crippen LogP contribution is 2.39. The van der Waals surface area contributed by atoms with Crippen LogP contribution in [0, 0.1) is 0 Å². The quantitative estimate of drug-likeness (QED) is 0.336. The SMILES string of the molecule is COCCOc1cc(OCCOC)cc(C2=NC(c3ccccc3)Cc3cc(OC)c(OC)cc32)c1. The van der Waals surface area contributed by atoms with Crippen LogP contribution in [0.2, 0.25) is 0 Å². The first-order valence-corrected chi connectivity index (χ1v) is 11.9. The molecule has 0 amide bonds. The summed E-state index contributed by atoms with van der Waals surface area (Å²) in [4.78, 5) is 5.23. The van der Waals surface area contributed by atoms with Crippen LogP contribution in [0.4, 0.5) is 0 Å². The fraction of sp³-hybridized carbons (Fsp3) is 0.345. The van der Waals surface area contributed by atoms with Crippen molar-refractivity contribution in [1.29, 1.82) is 0 Å². The van der Waals surface area contributed by atoms with E-state index in [9.17, 15) is 0 Å². The van der Waals surface area contributed by atoms with E-state index in [1.165, 1.54) is 0 Å². The molecule has 4 rings (SSSR count). The van der Waals surface area contributed by atoms with E-state index in [0.29, 0.717) is 49.4 Å². The summed E-state index contributed by atoms with van der Waals surface area (Å²) in [6.45, 7) is 1.83. The summed E-state index contributed by atoms with van der Waals surface area (Å²) in [6.07, 6.45) is 0.754. The van der Waals surface area contributed by atoms with Gasteiger partial charge in [-0.1, -0.05) is 30.3 Å². The molecule has 1 aliphatic heterocycles. The molecule has 1 heterocycles. The zero-order valence-corrected chi connectivity index (χ0v) is 21.3. The topological polar surface area (TPSA) is 67.7 Å². The van der Waals surface area contributed by atoms with E-state index in [0.717, 1.165) is 34.4 Å². The summed E-state index contributed by atoms with van der Waals surface area (Å²) in [5.74, 6) is 2.72. The van der Waals surface area contributed by atoms with E-state index in [-0.39, 0.29) is 6.04 Å². The zero-order chi connectivity index (χ0) is 25.3. The highest BCUT2D eigenvalue weighted by Gasteiger charge is 2.26. The second-order valence-corrected chi connectivity index (χ2v) is 8.35. The molecule has 7 heteroatoms. The van der Waals surface area contributed by atoms with Crippen molar-refractivity contribution in [3.8, 4) is 23.0 Å². The van der Waals surface area contributed by atoms with Crippen LogP contribution >= 0.6 is 0 Å². The maximum absolute atomic E-state index is 5.97. The summed E-state index contributed by atoms with van der Waals surface area (Å²) in [5, 5.41) is 0. The number of fused-ring (bicyclic) bond motifs is 1. The zero-order valence-electron chi connectivity index (χ0n) is 21.3. The highest BCUT2D eigenvalue weighted by atomic mass is 16.5.